The minimum absolute atomic E-state index is 0.603. The lowest BCUT2D eigenvalue weighted by atomic mass is 9.99. The van der Waals surface area contributed by atoms with Gasteiger partial charge in [0.15, 0.2) is 0 Å². The second-order valence-electron chi connectivity index (χ2n) is 6.19. The molecule has 1 heterocycles. The lowest BCUT2D eigenvalue weighted by Crippen LogP contribution is -2.26. The van der Waals surface area contributed by atoms with E-state index in [1.54, 1.807) is 0 Å². The number of benzene rings is 1. The van der Waals surface area contributed by atoms with Gasteiger partial charge in [0.05, 0.1) is 11.4 Å². The highest BCUT2D eigenvalue weighted by Crippen LogP contribution is 2.33. The Kier molecular flexibility index (Phi) is 3.95. The quantitative estimate of drug-likeness (QED) is 0.867. The van der Waals surface area contributed by atoms with Crippen LogP contribution in [0, 0.1) is 5.92 Å². The standard InChI is InChI=1S/C17H26N2/c1-14(15-8-2-3-9-15)18-16-10-4-5-11-17(16)19-12-6-7-13-19/h4-5,10-11,14-15,18H,2-3,6-9,12-13H2,1H3. The van der Waals surface area contributed by atoms with Crippen LogP contribution in [0.4, 0.5) is 11.4 Å². The van der Waals surface area contributed by atoms with E-state index in [4.69, 9.17) is 0 Å². The van der Waals surface area contributed by atoms with Gasteiger partial charge < -0.3 is 10.2 Å². The minimum atomic E-state index is 0.603. The van der Waals surface area contributed by atoms with Crippen LogP contribution in [0.5, 0.6) is 0 Å². The summed E-state index contributed by atoms with van der Waals surface area (Å²) in [5, 5.41) is 3.79. The Bertz CT molecular complexity index is 403. The summed E-state index contributed by atoms with van der Waals surface area (Å²) < 4.78 is 0. The van der Waals surface area contributed by atoms with E-state index in [1.807, 2.05) is 0 Å². The van der Waals surface area contributed by atoms with Gasteiger partial charge in [0.25, 0.3) is 0 Å². The lowest BCUT2D eigenvalue weighted by Gasteiger charge is -2.26. The van der Waals surface area contributed by atoms with Crippen LogP contribution in [-0.4, -0.2) is 19.1 Å². The number of para-hydroxylation sites is 2. The normalized spacial score (nSPS) is 21.8. The van der Waals surface area contributed by atoms with Crippen molar-refractivity contribution in [2.45, 2.75) is 51.5 Å². The largest absolute Gasteiger partial charge is 0.381 e. The molecule has 1 saturated carbocycles. The first kappa shape index (κ1) is 12.8. The lowest BCUT2D eigenvalue weighted by molar-refractivity contribution is 0.482. The van der Waals surface area contributed by atoms with Crippen molar-refractivity contribution in [2.75, 3.05) is 23.3 Å². The Morgan fingerprint density at radius 2 is 1.74 bits per heavy atom. The Morgan fingerprint density at radius 3 is 2.47 bits per heavy atom. The summed E-state index contributed by atoms with van der Waals surface area (Å²) in [7, 11) is 0. The molecule has 2 nitrogen and oxygen atoms in total. The summed E-state index contributed by atoms with van der Waals surface area (Å²) in [5.74, 6) is 0.867. The third kappa shape index (κ3) is 2.88. The molecule has 0 bridgehead atoms. The van der Waals surface area contributed by atoms with Crippen molar-refractivity contribution < 1.29 is 0 Å². The maximum atomic E-state index is 3.79. The van der Waals surface area contributed by atoms with Crippen LogP contribution in [0.1, 0.15) is 45.4 Å². The van der Waals surface area contributed by atoms with Crippen LogP contribution in [-0.2, 0) is 0 Å². The molecule has 1 aromatic carbocycles. The van der Waals surface area contributed by atoms with Crippen molar-refractivity contribution in [3.05, 3.63) is 24.3 Å². The molecule has 104 valence electrons. The fourth-order valence-corrected chi connectivity index (χ4v) is 3.65. The average Bonchev–Trinajstić information content (AvgIpc) is 3.13. The number of anilines is 2. The zero-order chi connectivity index (χ0) is 13.1. The smallest absolute Gasteiger partial charge is 0.0602 e. The fraction of sp³-hybridized carbons (Fsp3) is 0.647. The van der Waals surface area contributed by atoms with E-state index in [0.717, 1.165) is 5.92 Å². The summed E-state index contributed by atoms with van der Waals surface area (Å²) in [6.07, 6.45) is 8.33. The topological polar surface area (TPSA) is 15.3 Å². The van der Waals surface area contributed by atoms with E-state index in [2.05, 4.69) is 41.4 Å². The van der Waals surface area contributed by atoms with Gasteiger partial charge in [-0.25, -0.2) is 0 Å². The monoisotopic (exact) mass is 258 g/mol. The van der Waals surface area contributed by atoms with E-state index in [0.29, 0.717) is 6.04 Å². The zero-order valence-electron chi connectivity index (χ0n) is 12.1. The predicted molar refractivity (Wildman–Crippen MR) is 82.9 cm³/mol. The molecule has 2 aliphatic rings. The Balaban J connectivity index is 1.72. The van der Waals surface area contributed by atoms with Gasteiger partial charge in [0.1, 0.15) is 0 Å². The summed E-state index contributed by atoms with van der Waals surface area (Å²) in [6.45, 7) is 4.80. The Morgan fingerprint density at radius 1 is 1.05 bits per heavy atom. The Hall–Kier alpha value is -1.18. The zero-order valence-corrected chi connectivity index (χ0v) is 12.1. The number of hydrogen-bond acceptors (Lipinski definition) is 2. The third-order valence-corrected chi connectivity index (χ3v) is 4.84. The highest BCUT2D eigenvalue weighted by molar-refractivity contribution is 5.70. The summed E-state index contributed by atoms with van der Waals surface area (Å²) >= 11 is 0. The molecular weight excluding hydrogens is 232 g/mol. The van der Waals surface area contributed by atoms with Gasteiger partial charge >= 0.3 is 0 Å². The van der Waals surface area contributed by atoms with Crippen molar-refractivity contribution in [1.82, 2.24) is 0 Å². The molecule has 0 spiro atoms. The highest BCUT2D eigenvalue weighted by atomic mass is 15.2. The second kappa shape index (κ2) is 5.85. The molecule has 1 atom stereocenters. The summed E-state index contributed by atoms with van der Waals surface area (Å²) in [5.41, 5.74) is 2.74. The molecule has 19 heavy (non-hydrogen) atoms. The highest BCUT2D eigenvalue weighted by Gasteiger charge is 2.23. The first-order chi connectivity index (χ1) is 9.34. The van der Waals surface area contributed by atoms with Crippen molar-refractivity contribution in [1.29, 1.82) is 0 Å². The van der Waals surface area contributed by atoms with Crippen LogP contribution in [0.25, 0.3) is 0 Å². The number of nitrogens with one attached hydrogen (secondary N) is 1. The first-order valence-corrected chi connectivity index (χ1v) is 7.95. The van der Waals surface area contributed by atoms with E-state index < -0.39 is 0 Å². The van der Waals surface area contributed by atoms with Crippen molar-refractivity contribution in [3.8, 4) is 0 Å². The molecule has 1 unspecified atom stereocenters. The van der Waals surface area contributed by atoms with E-state index >= 15 is 0 Å². The van der Waals surface area contributed by atoms with Gasteiger partial charge in [0, 0.05) is 19.1 Å². The third-order valence-electron chi connectivity index (χ3n) is 4.84. The molecule has 3 rings (SSSR count). The number of hydrogen-bond donors (Lipinski definition) is 1. The molecule has 1 aromatic rings. The molecule has 1 N–H and O–H groups in total. The van der Waals surface area contributed by atoms with Crippen LogP contribution < -0.4 is 10.2 Å². The molecule has 2 heteroatoms. The molecule has 0 radical (unpaired) electrons. The minimum Gasteiger partial charge on any atom is -0.381 e. The van der Waals surface area contributed by atoms with Gasteiger partial charge in [0.2, 0.25) is 0 Å². The Labute approximate surface area is 117 Å². The van der Waals surface area contributed by atoms with Crippen molar-refractivity contribution in [3.63, 3.8) is 0 Å². The summed E-state index contributed by atoms with van der Waals surface area (Å²) in [4.78, 5) is 2.53. The van der Waals surface area contributed by atoms with E-state index in [9.17, 15) is 0 Å². The van der Waals surface area contributed by atoms with Gasteiger partial charge in [-0.1, -0.05) is 25.0 Å². The first-order valence-electron chi connectivity index (χ1n) is 7.95. The summed E-state index contributed by atoms with van der Waals surface area (Å²) in [6, 6.07) is 9.45. The van der Waals surface area contributed by atoms with E-state index in [1.165, 1.54) is 63.0 Å². The van der Waals surface area contributed by atoms with Gasteiger partial charge in [-0.2, -0.15) is 0 Å². The van der Waals surface area contributed by atoms with Crippen molar-refractivity contribution in [2.24, 2.45) is 5.92 Å². The van der Waals surface area contributed by atoms with Crippen molar-refractivity contribution >= 4 is 11.4 Å². The average molecular weight is 258 g/mol. The second-order valence-corrected chi connectivity index (χ2v) is 6.19. The van der Waals surface area contributed by atoms with Gasteiger partial charge in [-0.3, -0.25) is 0 Å². The molecule has 0 amide bonds. The maximum Gasteiger partial charge on any atom is 0.0602 e. The predicted octanol–water partition coefficient (Wildman–Crippen LogP) is 4.28. The van der Waals surface area contributed by atoms with Gasteiger partial charge in [-0.15, -0.1) is 0 Å². The molecule has 2 fully saturated rings. The molecular formula is C17H26N2. The molecule has 1 aliphatic carbocycles. The van der Waals surface area contributed by atoms with Gasteiger partial charge in [-0.05, 0) is 50.7 Å². The van der Waals surface area contributed by atoms with Crippen LogP contribution in [0.15, 0.2) is 24.3 Å². The number of rotatable bonds is 4. The maximum absolute atomic E-state index is 3.79. The molecule has 0 aromatic heterocycles. The number of nitrogens with zero attached hydrogens (tertiary/aromatic N) is 1. The fourth-order valence-electron chi connectivity index (χ4n) is 3.65. The van der Waals surface area contributed by atoms with E-state index in [-0.39, 0.29) is 0 Å². The van der Waals surface area contributed by atoms with Crippen LogP contribution in [0.3, 0.4) is 0 Å². The SMILES string of the molecule is CC(Nc1ccccc1N1CCCC1)C1CCCC1. The van der Waals surface area contributed by atoms with Crippen LogP contribution >= 0.6 is 0 Å². The van der Waals surface area contributed by atoms with Crippen LogP contribution in [0.2, 0.25) is 0 Å². The molecule has 1 aliphatic heterocycles. The molecule has 1 saturated heterocycles.